The zero-order chi connectivity index (χ0) is 56.4. The summed E-state index contributed by atoms with van der Waals surface area (Å²) in [4.78, 5) is 13.9. The number of hydrogen-bond donors (Lipinski definition) is 2. The van der Waals surface area contributed by atoms with E-state index in [9.17, 15) is 14.3 Å². The van der Waals surface area contributed by atoms with Crippen LogP contribution in [-0.4, -0.2) is 54.9 Å². The van der Waals surface area contributed by atoms with Crippen molar-refractivity contribution in [3.63, 3.8) is 0 Å². The van der Waals surface area contributed by atoms with Crippen LogP contribution in [0.15, 0.2) is 78.9 Å². The van der Waals surface area contributed by atoms with Crippen molar-refractivity contribution < 1.29 is 37.6 Å². The second kappa shape index (κ2) is 44.2. The van der Waals surface area contributed by atoms with Crippen LogP contribution in [0.25, 0.3) is 0 Å². The van der Waals surface area contributed by atoms with Gasteiger partial charge in [-0.1, -0.05) is 263 Å². The van der Waals surface area contributed by atoms with Crippen LogP contribution >= 0.6 is 0 Å². The Morgan fingerprint density at radius 2 is 1.03 bits per heavy atom. The standard InChI is InChI=1S/C70H113F2NO6/c1-5-7-9-11-13-15-17-19-21-26-30-37-43-61(44-38-31-27-22-20-18-16-14-12-10-8-6-2)69(75)65(55-77-70-58(4)57(3)68(72)66(79-70)56-76-54-60-41-35-33-36-42-60)73-67(74)45-39-32-28-24-23-25-29-34-40-59-46-50-63(51-47-59)78-64-52-48-62(71)49-53-64/h33,35-36,41-42,46-53,57-58,61,65-66,68-70,75H,5-32,34,37-40,43-45,54-56H2,1-4H3,(H,73,74)/t57-,58?,65+,66?,68+,69-,70+/m1/s1. The predicted molar refractivity (Wildman–Crippen MR) is 325 cm³/mol. The van der Waals surface area contributed by atoms with E-state index in [0.29, 0.717) is 18.8 Å². The number of benzene rings is 3. The van der Waals surface area contributed by atoms with Gasteiger partial charge in [0.25, 0.3) is 0 Å². The Kier molecular flexibility index (Phi) is 38.2. The van der Waals surface area contributed by atoms with Gasteiger partial charge in [-0.05, 0) is 91.5 Å². The highest BCUT2D eigenvalue weighted by Gasteiger charge is 2.43. The SMILES string of the molecule is CCCCCCCCCCCCCCC(CCCCCCCCCCCCCC)[C@@H](O)[C@H](CO[C@H]1OC(COCc2ccccc2)[C@@H](F)[C@H](C)C1C)NC(=O)CCCCCCCCCCc1ccc(Oc2ccc(F)cc2)cc1. The van der Waals surface area contributed by atoms with Crippen molar-refractivity contribution >= 4 is 5.91 Å². The first-order valence-electron chi connectivity index (χ1n) is 32.7. The van der Waals surface area contributed by atoms with E-state index < -0.39 is 30.7 Å². The molecule has 1 fully saturated rings. The number of alkyl halides is 1. The summed E-state index contributed by atoms with van der Waals surface area (Å²) in [5.41, 5.74) is 2.31. The molecule has 7 nitrogen and oxygen atoms in total. The van der Waals surface area contributed by atoms with Crippen molar-refractivity contribution in [2.45, 2.75) is 296 Å². The molecule has 0 radical (unpaired) electrons. The molecule has 2 unspecified atom stereocenters. The number of rotatable bonds is 49. The minimum atomic E-state index is -1.20. The van der Waals surface area contributed by atoms with Crippen molar-refractivity contribution in [1.82, 2.24) is 5.32 Å². The van der Waals surface area contributed by atoms with Gasteiger partial charge in [-0.25, -0.2) is 8.78 Å². The molecule has 2 N–H and O–H groups in total. The van der Waals surface area contributed by atoms with E-state index >= 15 is 4.39 Å². The number of ether oxygens (including phenoxy) is 4. The molecule has 0 spiro atoms. The van der Waals surface area contributed by atoms with Crippen molar-refractivity contribution in [3.8, 4) is 11.5 Å². The molecule has 79 heavy (non-hydrogen) atoms. The Bertz CT molecular complexity index is 1860. The first-order valence-corrected chi connectivity index (χ1v) is 32.7. The Morgan fingerprint density at radius 1 is 0.570 bits per heavy atom. The molecule has 1 amide bonds. The molecule has 4 rings (SSSR count). The second-order valence-electron chi connectivity index (χ2n) is 23.8. The first kappa shape index (κ1) is 68.1. The van der Waals surface area contributed by atoms with Crippen LogP contribution < -0.4 is 10.1 Å². The average Bonchev–Trinajstić information content (AvgIpc) is 3.47. The van der Waals surface area contributed by atoms with Gasteiger partial charge in [0.1, 0.15) is 29.6 Å². The number of unbranched alkanes of at least 4 members (excludes halogenated alkanes) is 29. The van der Waals surface area contributed by atoms with E-state index in [1.165, 1.54) is 178 Å². The van der Waals surface area contributed by atoms with Crippen LogP contribution in [0.1, 0.15) is 264 Å². The van der Waals surface area contributed by atoms with Crippen LogP contribution in [0, 0.1) is 23.6 Å². The number of aryl methyl sites for hydroxylation is 1. The predicted octanol–water partition coefficient (Wildman–Crippen LogP) is 19.9. The van der Waals surface area contributed by atoms with E-state index in [1.54, 1.807) is 12.1 Å². The lowest BCUT2D eigenvalue weighted by Crippen LogP contribution is -2.53. The Labute approximate surface area is 481 Å². The number of hydrogen-bond acceptors (Lipinski definition) is 6. The molecular formula is C70H113F2NO6. The van der Waals surface area contributed by atoms with Crippen molar-refractivity contribution in [1.29, 1.82) is 0 Å². The summed E-state index contributed by atoms with van der Waals surface area (Å²) < 4.78 is 53.9. The fourth-order valence-electron chi connectivity index (χ4n) is 11.5. The number of amides is 1. The van der Waals surface area contributed by atoms with Gasteiger partial charge < -0.3 is 29.4 Å². The fraction of sp³-hybridized carbons (Fsp3) is 0.729. The highest BCUT2D eigenvalue weighted by atomic mass is 19.1. The molecule has 0 bridgehead atoms. The Morgan fingerprint density at radius 3 is 1.53 bits per heavy atom. The average molecular weight is 1100 g/mol. The van der Waals surface area contributed by atoms with Crippen molar-refractivity contribution in [2.24, 2.45) is 17.8 Å². The van der Waals surface area contributed by atoms with E-state index in [0.717, 1.165) is 75.5 Å². The zero-order valence-electron chi connectivity index (χ0n) is 50.4. The van der Waals surface area contributed by atoms with Crippen LogP contribution in [0.2, 0.25) is 0 Å². The molecule has 1 heterocycles. The third kappa shape index (κ3) is 31.0. The van der Waals surface area contributed by atoms with Crippen molar-refractivity contribution in [3.05, 3.63) is 95.8 Å². The van der Waals surface area contributed by atoms with Gasteiger partial charge in [0.15, 0.2) is 6.29 Å². The largest absolute Gasteiger partial charge is 0.457 e. The Balaban J connectivity index is 1.28. The highest BCUT2D eigenvalue weighted by Crippen LogP contribution is 2.35. The lowest BCUT2D eigenvalue weighted by molar-refractivity contribution is -0.264. The second-order valence-corrected chi connectivity index (χ2v) is 23.8. The molecule has 7 atom stereocenters. The third-order valence-electron chi connectivity index (χ3n) is 16.9. The van der Waals surface area contributed by atoms with Gasteiger partial charge in [0.2, 0.25) is 5.91 Å². The topological polar surface area (TPSA) is 86.3 Å². The van der Waals surface area contributed by atoms with Gasteiger partial charge >= 0.3 is 0 Å². The molecule has 0 aromatic heterocycles. The Hall–Kier alpha value is -3.37. The normalized spacial score (nSPS) is 18.3. The number of aliphatic hydroxyl groups is 1. The minimum absolute atomic E-state index is 0.0424. The molecule has 1 saturated heterocycles. The summed E-state index contributed by atoms with van der Waals surface area (Å²) in [5, 5.41) is 15.8. The first-order chi connectivity index (χ1) is 38.7. The van der Waals surface area contributed by atoms with Gasteiger partial charge in [-0.15, -0.1) is 0 Å². The van der Waals surface area contributed by atoms with E-state index in [2.05, 4.69) is 31.3 Å². The van der Waals surface area contributed by atoms with Crippen molar-refractivity contribution in [2.75, 3.05) is 13.2 Å². The smallest absolute Gasteiger partial charge is 0.220 e. The summed E-state index contributed by atoms with van der Waals surface area (Å²) in [7, 11) is 0. The van der Waals surface area contributed by atoms with Crippen LogP contribution in [0.3, 0.4) is 0 Å². The van der Waals surface area contributed by atoms with Gasteiger partial charge in [-0.2, -0.15) is 0 Å². The minimum Gasteiger partial charge on any atom is -0.457 e. The van der Waals surface area contributed by atoms with Crippen LogP contribution in [0.5, 0.6) is 11.5 Å². The molecular weight excluding hydrogens is 989 g/mol. The highest BCUT2D eigenvalue weighted by molar-refractivity contribution is 5.76. The zero-order valence-corrected chi connectivity index (χ0v) is 50.4. The summed E-state index contributed by atoms with van der Waals surface area (Å²) in [6.07, 6.45) is 39.7. The molecule has 0 aliphatic carbocycles. The van der Waals surface area contributed by atoms with Gasteiger partial charge in [0, 0.05) is 12.3 Å². The maximum absolute atomic E-state index is 15.8. The molecule has 3 aromatic rings. The quantitative estimate of drug-likeness (QED) is 0.0548. The number of aliphatic hydroxyl groups excluding tert-OH is 1. The number of carbonyl (C=O) groups is 1. The van der Waals surface area contributed by atoms with E-state index in [-0.39, 0.29) is 42.7 Å². The van der Waals surface area contributed by atoms with Gasteiger partial charge in [0.05, 0.1) is 32.0 Å². The van der Waals surface area contributed by atoms with Crippen LogP contribution in [-0.2, 0) is 32.0 Å². The molecule has 0 saturated carbocycles. The molecule has 448 valence electrons. The maximum atomic E-state index is 15.8. The molecule has 3 aromatic carbocycles. The molecule has 9 heteroatoms. The summed E-state index contributed by atoms with van der Waals surface area (Å²) in [6.45, 7) is 9.05. The number of carbonyl (C=O) groups excluding carboxylic acids is 1. The number of nitrogens with one attached hydrogen (secondary N) is 1. The summed E-state index contributed by atoms with van der Waals surface area (Å²) >= 11 is 0. The third-order valence-corrected chi connectivity index (χ3v) is 16.9. The summed E-state index contributed by atoms with van der Waals surface area (Å²) in [6, 6.07) is 23.6. The molecule has 1 aliphatic rings. The lowest BCUT2D eigenvalue weighted by Gasteiger charge is -2.42. The molecule has 1 aliphatic heterocycles. The number of halogens is 2. The van der Waals surface area contributed by atoms with E-state index in [4.69, 9.17) is 18.9 Å². The fourth-order valence-corrected chi connectivity index (χ4v) is 11.5. The monoisotopic (exact) mass is 1100 g/mol. The van der Waals surface area contributed by atoms with Gasteiger partial charge in [-0.3, -0.25) is 4.79 Å². The van der Waals surface area contributed by atoms with Crippen LogP contribution in [0.4, 0.5) is 8.78 Å². The summed E-state index contributed by atoms with van der Waals surface area (Å²) in [5.74, 6) is 0.564. The maximum Gasteiger partial charge on any atom is 0.220 e. The lowest BCUT2D eigenvalue weighted by atomic mass is 9.85. The van der Waals surface area contributed by atoms with E-state index in [1.807, 2.05) is 56.3 Å².